The number of nitrogens with one attached hydrogen (secondary N) is 2. The summed E-state index contributed by atoms with van der Waals surface area (Å²) in [6.07, 6.45) is 2.02. The van der Waals surface area contributed by atoms with E-state index in [1.165, 1.54) is 18.9 Å². The standard InChI is InChI=1S/C27H26ClN3O4S/c1-34-23-11-10-18(14-24(23)35-2)27(33)29-12-13-31-16-25(21-8-3-4-9-22(21)31)36-17-26(32)30-20-7-5-6-19(28)15-20/h3-11,14-16H,12-13,17H2,1-2H3,(H,29,33)(H,30,32). The van der Waals surface area contributed by atoms with Crippen molar-refractivity contribution in [3.8, 4) is 11.5 Å². The van der Waals surface area contributed by atoms with Crippen LogP contribution >= 0.6 is 23.4 Å². The van der Waals surface area contributed by atoms with Gasteiger partial charge in [-0.2, -0.15) is 0 Å². The minimum atomic E-state index is -0.195. The van der Waals surface area contributed by atoms with Crippen LogP contribution in [0.3, 0.4) is 0 Å². The smallest absolute Gasteiger partial charge is 0.251 e. The molecule has 186 valence electrons. The third kappa shape index (κ3) is 6.13. The van der Waals surface area contributed by atoms with E-state index in [0.717, 1.165) is 15.8 Å². The number of carbonyl (C=O) groups is 2. The molecule has 1 aromatic heterocycles. The molecular formula is C27H26ClN3O4S. The maximum atomic E-state index is 12.6. The van der Waals surface area contributed by atoms with Crippen molar-refractivity contribution in [1.29, 1.82) is 0 Å². The molecule has 4 rings (SSSR count). The molecule has 3 aromatic carbocycles. The minimum absolute atomic E-state index is 0.110. The van der Waals surface area contributed by atoms with Crippen molar-refractivity contribution in [2.24, 2.45) is 0 Å². The first-order valence-corrected chi connectivity index (χ1v) is 12.6. The van der Waals surface area contributed by atoms with Crippen LogP contribution in [0.25, 0.3) is 10.9 Å². The SMILES string of the molecule is COc1ccc(C(=O)NCCn2cc(SCC(=O)Nc3cccc(Cl)c3)c3ccccc32)cc1OC. The summed E-state index contributed by atoms with van der Waals surface area (Å²) in [5, 5.41) is 7.46. The van der Waals surface area contributed by atoms with Crippen LogP contribution in [0.2, 0.25) is 5.02 Å². The zero-order chi connectivity index (χ0) is 25.5. The van der Waals surface area contributed by atoms with Crippen LogP contribution in [-0.2, 0) is 11.3 Å². The predicted molar refractivity (Wildman–Crippen MR) is 145 cm³/mol. The fourth-order valence-electron chi connectivity index (χ4n) is 3.79. The van der Waals surface area contributed by atoms with Crippen molar-refractivity contribution in [2.45, 2.75) is 11.4 Å². The summed E-state index contributed by atoms with van der Waals surface area (Å²) in [7, 11) is 3.09. The Labute approximate surface area is 218 Å². The molecule has 9 heteroatoms. The number of hydrogen-bond acceptors (Lipinski definition) is 5. The third-order valence-corrected chi connectivity index (χ3v) is 6.78. The molecule has 0 atom stereocenters. The van der Waals surface area contributed by atoms with Gasteiger partial charge in [0.2, 0.25) is 5.91 Å². The minimum Gasteiger partial charge on any atom is -0.493 e. The summed E-state index contributed by atoms with van der Waals surface area (Å²) in [5.74, 6) is 1.03. The van der Waals surface area contributed by atoms with E-state index < -0.39 is 0 Å². The van der Waals surface area contributed by atoms with Gasteiger partial charge in [-0.05, 0) is 42.5 Å². The molecule has 0 saturated heterocycles. The van der Waals surface area contributed by atoms with E-state index in [-0.39, 0.29) is 17.6 Å². The highest BCUT2D eigenvalue weighted by atomic mass is 35.5. The number of fused-ring (bicyclic) bond motifs is 1. The Bertz CT molecular complexity index is 1390. The first-order chi connectivity index (χ1) is 17.5. The molecule has 0 aliphatic rings. The Morgan fingerprint density at radius 1 is 0.972 bits per heavy atom. The van der Waals surface area contributed by atoms with Gasteiger partial charge in [-0.25, -0.2) is 0 Å². The summed E-state index contributed by atoms with van der Waals surface area (Å²) < 4.78 is 12.6. The second-order valence-corrected chi connectivity index (χ2v) is 9.33. The highest BCUT2D eigenvalue weighted by Crippen LogP contribution is 2.30. The number of halogens is 1. The van der Waals surface area contributed by atoms with Crippen molar-refractivity contribution in [1.82, 2.24) is 9.88 Å². The third-order valence-electron chi connectivity index (χ3n) is 5.50. The zero-order valence-electron chi connectivity index (χ0n) is 19.9. The highest BCUT2D eigenvalue weighted by molar-refractivity contribution is 8.00. The van der Waals surface area contributed by atoms with E-state index in [1.54, 1.807) is 49.6 Å². The molecule has 2 amide bonds. The van der Waals surface area contributed by atoms with Crippen LogP contribution in [0.4, 0.5) is 5.69 Å². The molecule has 7 nitrogen and oxygen atoms in total. The zero-order valence-corrected chi connectivity index (χ0v) is 21.5. The Balaban J connectivity index is 1.38. The number of thioether (sulfide) groups is 1. The number of anilines is 1. The molecule has 4 aromatic rings. The van der Waals surface area contributed by atoms with Gasteiger partial charge in [0.1, 0.15) is 0 Å². The van der Waals surface area contributed by atoms with Crippen molar-refractivity contribution >= 4 is 51.8 Å². The Hall–Kier alpha value is -3.62. The molecule has 0 saturated carbocycles. The molecule has 0 unspecified atom stereocenters. The van der Waals surface area contributed by atoms with E-state index in [0.29, 0.717) is 40.9 Å². The number of aromatic nitrogens is 1. The van der Waals surface area contributed by atoms with Crippen LogP contribution < -0.4 is 20.1 Å². The van der Waals surface area contributed by atoms with E-state index in [1.807, 2.05) is 30.5 Å². The molecule has 0 bridgehead atoms. The average Bonchev–Trinajstić information content (AvgIpc) is 3.24. The summed E-state index contributed by atoms with van der Waals surface area (Å²) in [6.45, 7) is 1.01. The van der Waals surface area contributed by atoms with Crippen LogP contribution in [0, 0.1) is 0 Å². The van der Waals surface area contributed by atoms with E-state index in [2.05, 4.69) is 15.2 Å². The van der Waals surface area contributed by atoms with Gasteiger partial charge in [-0.3, -0.25) is 9.59 Å². The van der Waals surface area contributed by atoms with Gasteiger partial charge in [0, 0.05) is 51.4 Å². The van der Waals surface area contributed by atoms with Gasteiger partial charge in [-0.1, -0.05) is 35.9 Å². The summed E-state index contributed by atoms with van der Waals surface area (Å²) in [6, 6.07) is 20.1. The molecule has 0 radical (unpaired) electrons. The summed E-state index contributed by atoms with van der Waals surface area (Å²) >= 11 is 7.46. The predicted octanol–water partition coefficient (Wildman–Crippen LogP) is 5.47. The fourth-order valence-corrected chi connectivity index (χ4v) is 4.87. The lowest BCUT2D eigenvalue weighted by molar-refractivity contribution is -0.113. The van der Waals surface area contributed by atoms with Gasteiger partial charge in [0.25, 0.3) is 5.91 Å². The molecule has 0 aliphatic carbocycles. The van der Waals surface area contributed by atoms with Crippen LogP contribution in [0.5, 0.6) is 11.5 Å². The number of rotatable bonds is 10. The molecule has 0 fully saturated rings. The Morgan fingerprint density at radius 3 is 2.56 bits per heavy atom. The number of hydrogen-bond donors (Lipinski definition) is 2. The summed E-state index contributed by atoms with van der Waals surface area (Å²) in [4.78, 5) is 26.1. The van der Waals surface area contributed by atoms with Gasteiger partial charge in [-0.15, -0.1) is 11.8 Å². The number of methoxy groups -OCH3 is 2. The Morgan fingerprint density at radius 2 is 1.78 bits per heavy atom. The number of para-hydroxylation sites is 1. The first kappa shape index (κ1) is 25.5. The summed E-state index contributed by atoms with van der Waals surface area (Å²) in [5.41, 5.74) is 2.20. The topological polar surface area (TPSA) is 81.6 Å². The molecule has 1 heterocycles. The molecule has 0 aliphatic heterocycles. The maximum absolute atomic E-state index is 12.6. The fraction of sp³-hybridized carbons (Fsp3) is 0.185. The van der Waals surface area contributed by atoms with Gasteiger partial charge in [0.05, 0.1) is 20.0 Å². The van der Waals surface area contributed by atoms with Gasteiger partial charge < -0.3 is 24.7 Å². The number of nitrogens with zero attached hydrogens (tertiary/aromatic N) is 1. The number of benzene rings is 3. The molecule has 36 heavy (non-hydrogen) atoms. The average molecular weight is 524 g/mol. The Kier molecular flexibility index (Phi) is 8.40. The van der Waals surface area contributed by atoms with Crippen LogP contribution in [-0.4, -0.2) is 42.9 Å². The van der Waals surface area contributed by atoms with Crippen molar-refractivity contribution in [2.75, 3.05) is 31.8 Å². The molecular weight excluding hydrogens is 498 g/mol. The van der Waals surface area contributed by atoms with E-state index >= 15 is 0 Å². The molecule has 2 N–H and O–H groups in total. The van der Waals surface area contributed by atoms with Gasteiger partial charge in [0.15, 0.2) is 11.5 Å². The monoisotopic (exact) mass is 523 g/mol. The molecule has 0 spiro atoms. The number of carbonyl (C=O) groups excluding carboxylic acids is 2. The lowest BCUT2D eigenvalue weighted by Crippen LogP contribution is -2.27. The van der Waals surface area contributed by atoms with Crippen molar-refractivity contribution in [3.05, 3.63) is 83.5 Å². The van der Waals surface area contributed by atoms with Crippen LogP contribution in [0.1, 0.15) is 10.4 Å². The van der Waals surface area contributed by atoms with Crippen LogP contribution in [0.15, 0.2) is 77.8 Å². The largest absolute Gasteiger partial charge is 0.493 e. The lowest BCUT2D eigenvalue weighted by Gasteiger charge is -2.10. The van der Waals surface area contributed by atoms with Gasteiger partial charge >= 0.3 is 0 Å². The first-order valence-electron chi connectivity index (χ1n) is 11.2. The second-order valence-electron chi connectivity index (χ2n) is 7.88. The maximum Gasteiger partial charge on any atom is 0.251 e. The van der Waals surface area contributed by atoms with E-state index in [4.69, 9.17) is 21.1 Å². The quantitative estimate of drug-likeness (QED) is 0.269. The lowest BCUT2D eigenvalue weighted by atomic mass is 10.2. The number of amides is 2. The van der Waals surface area contributed by atoms with Crippen molar-refractivity contribution < 1.29 is 19.1 Å². The normalized spacial score (nSPS) is 10.8. The number of ether oxygens (including phenoxy) is 2. The highest BCUT2D eigenvalue weighted by Gasteiger charge is 2.13. The second kappa shape index (κ2) is 11.9. The van der Waals surface area contributed by atoms with E-state index in [9.17, 15) is 9.59 Å². The van der Waals surface area contributed by atoms with Crippen molar-refractivity contribution in [3.63, 3.8) is 0 Å².